The van der Waals surface area contributed by atoms with Gasteiger partial charge in [0.25, 0.3) is 0 Å². The lowest BCUT2D eigenvalue weighted by atomic mass is 10.0. The lowest BCUT2D eigenvalue weighted by Gasteiger charge is -2.28. The van der Waals surface area contributed by atoms with Crippen LogP contribution in [-0.2, 0) is 19.1 Å². The second-order valence-electron chi connectivity index (χ2n) is 8.68. The molecule has 0 radical (unpaired) electrons. The molecular formula is C29H28ClN3O8. The number of nitrogens with zero attached hydrogens (tertiary/aromatic N) is 2. The Labute approximate surface area is 241 Å². The van der Waals surface area contributed by atoms with E-state index in [0.29, 0.717) is 39.2 Å². The molecule has 0 aliphatic carbocycles. The summed E-state index contributed by atoms with van der Waals surface area (Å²) in [6.07, 6.45) is 1.75. The van der Waals surface area contributed by atoms with E-state index in [2.05, 4.69) is 10.5 Å². The largest absolute Gasteiger partial charge is 0.507 e. The molecule has 3 aromatic carbocycles. The van der Waals surface area contributed by atoms with Gasteiger partial charge in [-0.1, -0.05) is 23.7 Å². The van der Waals surface area contributed by atoms with Gasteiger partial charge < -0.3 is 29.2 Å². The number of phenolic OH excluding ortho intramolecular Hbond substituents is 2. The molecule has 214 valence electrons. The van der Waals surface area contributed by atoms with Crippen LogP contribution in [0.25, 0.3) is 5.70 Å². The number of ether oxygens (including phenoxy) is 4. The van der Waals surface area contributed by atoms with Gasteiger partial charge in [-0.25, -0.2) is 0 Å². The number of hydrogen-bond donors (Lipinski definition) is 3. The first-order valence-electron chi connectivity index (χ1n) is 12.5. The zero-order chi connectivity index (χ0) is 29.4. The Morgan fingerprint density at radius 3 is 1.98 bits per heavy atom. The molecule has 0 atom stereocenters. The molecule has 0 bridgehead atoms. The van der Waals surface area contributed by atoms with Crippen LogP contribution in [-0.4, -0.2) is 54.3 Å². The van der Waals surface area contributed by atoms with Gasteiger partial charge in [0.2, 0.25) is 0 Å². The average molecular weight is 582 g/mol. The molecule has 0 amide bonds. The van der Waals surface area contributed by atoms with E-state index in [-0.39, 0.29) is 37.9 Å². The highest BCUT2D eigenvalue weighted by molar-refractivity contribution is 6.30. The molecule has 0 aromatic heterocycles. The third kappa shape index (κ3) is 8.05. The van der Waals surface area contributed by atoms with Crippen LogP contribution in [0.4, 0.5) is 5.69 Å². The van der Waals surface area contributed by atoms with Crippen LogP contribution in [0.5, 0.6) is 23.0 Å². The Hall–Kier alpha value is -4.90. The Balaban J connectivity index is 1.60. The Kier molecular flexibility index (Phi) is 9.54. The first kappa shape index (κ1) is 29.1. The number of carbonyl (C=O) groups is 2. The fourth-order valence-electron chi connectivity index (χ4n) is 3.75. The van der Waals surface area contributed by atoms with Gasteiger partial charge in [-0.05, 0) is 48.0 Å². The van der Waals surface area contributed by atoms with Crippen molar-refractivity contribution in [2.24, 2.45) is 5.10 Å². The van der Waals surface area contributed by atoms with Crippen molar-refractivity contribution in [3.63, 3.8) is 0 Å². The number of halogens is 1. The highest BCUT2D eigenvalue weighted by Crippen LogP contribution is 2.34. The molecule has 0 fully saturated rings. The first-order chi connectivity index (χ1) is 19.7. The number of allylic oxidation sites excluding steroid dienone is 1. The number of anilines is 1. The van der Waals surface area contributed by atoms with Gasteiger partial charge >= 0.3 is 11.9 Å². The van der Waals surface area contributed by atoms with Crippen LogP contribution < -0.4 is 20.0 Å². The maximum atomic E-state index is 10.9. The van der Waals surface area contributed by atoms with Crippen LogP contribution in [0.15, 0.2) is 71.8 Å². The summed E-state index contributed by atoms with van der Waals surface area (Å²) in [7, 11) is 0. The predicted octanol–water partition coefficient (Wildman–Crippen LogP) is 4.41. The van der Waals surface area contributed by atoms with Crippen molar-refractivity contribution in [2.75, 3.05) is 31.5 Å². The number of rotatable bonds is 11. The topological polar surface area (TPSA) is 139 Å². The van der Waals surface area contributed by atoms with E-state index in [9.17, 15) is 19.8 Å². The van der Waals surface area contributed by atoms with Crippen molar-refractivity contribution in [3.8, 4) is 23.0 Å². The number of hydrazine groups is 1. The minimum Gasteiger partial charge on any atom is -0.507 e. The lowest BCUT2D eigenvalue weighted by Crippen LogP contribution is -2.36. The molecule has 4 rings (SSSR count). The second-order valence-corrected chi connectivity index (χ2v) is 9.12. The molecule has 0 saturated carbocycles. The van der Waals surface area contributed by atoms with Crippen molar-refractivity contribution in [1.29, 1.82) is 0 Å². The zero-order valence-corrected chi connectivity index (χ0v) is 23.1. The van der Waals surface area contributed by atoms with E-state index in [1.165, 1.54) is 31.1 Å². The number of nitrogens with one attached hydrogen (secondary N) is 1. The number of hydrazone groups is 1. The van der Waals surface area contributed by atoms with Gasteiger partial charge in [0.15, 0.2) is 0 Å². The summed E-state index contributed by atoms with van der Waals surface area (Å²) in [5.41, 5.74) is 5.66. The summed E-state index contributed by atoms with van der Waals surface area (Å²) in [4.78, 5) is 21.9. The van der Waals surface area contributed by atoms with Crippen molar-refractivity contribution in [2.45, 2.75) is 13.8 Å². The number of esters is 2. The minimum absolute atomic E-state index is 0.0773. The van der Waals surface area contributed by atoms with E-state index >= 15 is 0 Å². The van der Waals surface area contributed by atoms with E-state index in [1.54, 1.807) is 42.5 Å². The summed E-state index contributed by atoms with van der Waals surface area (Å²) >= 11 is 6.08. The van der Waals surface area contributed by atoms with Gasteiger partial charge in [0.05, 0.1) is 11.4 Å². The van der Waals surface area contributed by atoms with Crippen LogP contribution in [0.1, 0.15) is 25.0 Å². The first-order valence-corrected chi connectivity index (χ1v) is 12.9. The summed E-state index contributed by atoms with van der Waals surface area (Å²) < 4.78 is 20.8. The highest BCUT2D eigenvalue weighted by atomic mass is 35.5. The Morgan fingerprint density at radius 2 is 1.41 bits per heavy atom. The SMILES string of the molecule is CC(=O)OCCOc1ccc(C2=NN(c3ccc(OCCOC(C)=O)cc3O)NC(c3ccc(Cl)cc3)=C2)c(O)c1. The van der Waals surface area contributed by atoms with Crippen molar-refractivity contribution in [1.82, 2.24) is 5.43 Å². The smallest absolute Gasteiger partial charge is 0.302 e. The van der Waals surface area contributed by atoms with Gasteiger partial charge in [-0.3, -0.25) is 15.0 Å². The molecule has 1 aliphatic rings. The summed E-state index contributed by atoms with van der Waals surface area (Å²) in [5, 5.41) is 28.2. The minimum atomic E-state index is -0.409. The molecular weight excluding hydrogens is 554 g/mol. The van der Waals surface area contributed by atoms with E-state index in [4.69, 9.17) is 30.5 Å². The number of aromatic hydroxyl groups is 2. The summed E-state index contributed by atoms with van der Waals surface area (Å²) in [5.74, 6) is -0.292. The third-order valence-corrected chi connectivity index (χ3v) is 5.86. The van der Waals surface area contributed by atoms with E-state index in [0.717, 1.165) is 5.56 Å². The molecule has 3 aromatic rings. The van der Waals surface area contributed by atoms with Crippen LogP contribution in [0.2, 0.25) is 5.02 Å². The Morgan fingerprint density at radius 1 is 0.829 bits per heavy atom. The molecule has 1 heterocycles. The summed E-state index contributed by atoms with van der Waals surface area (Å²) in [6, 6.07) is 16.5. The average Bonchev–Trinajstić information content (AvgIpc) is 2.93. The molecule has 0 saturated heterocycles. The number of phenols is 2. The van der Waals surface area contributed by atoms with Crippen molar-refractivity contribution in [3.05, 3.63) is 82.9 Å². The van der Waals surface area contributed by atoms with Crippen LogP contribution in [0, 0.1) is 0 Å². The maximum absolute atomic E-state index is 10.9. The number of carbonyl (C=O) groups excluding carboxylic acids is 2. The van der Waals surface area contributed by atoms with Crippen LogP contribution >= 0.6 is 11.6 Å². The highest BCUT2D eigenvalue weighted by Gasteiger charge is 2.22. The number of benzene rings is 3. The quantitative estimate of drug-likeness (QED) is 0.220. The number of hydrogen-bond acceptors (Lipinski definition) is 11. The molecule has 12 heteroatoms. The molecule has 1 aliphatic heterocycles. The molecule has 41 heavy (non-hydrogen) atoms. The molecule has 0 spiro atoms. The van der Waals surface area contributed by atoms with Gasteiger partial charge in [-0.2, -0.15) is 10.2 Å². The molecule has 0 unspecified atom stereocenters. The normalized spacial score (nSPS) is 12.5. The Bertz CT molecular complexity index is 1470. The zero-order valence-electron chi connectivity index (χ0n) is 22.3. The van der Waals surface area contributed by atoms with Crippen molar-refractivity contribution >= 4 is 40.6 Å². The monoisotopic (exact) mass is 581 g/mol. The second kappa shape index (κ2) is 13.4. The summed E-state index contributed by atoms with van der Waals surface area (Å²) in [6.45, 7) is 3.02. The standard InChI is InChI=1S/C29H28ClN3O8/c1-18(34)38-11-13-40-22-7-9-24(28(36)15-22)26-17-25(20-3-5-21(30)6-4-20)31-33(32-26)27-10-8-23(16-29(27)37)41-14-12-39-19(2)35/h3-10,15-17,31,36-37H,11-14H2,1-2H3. The van der Waals surface area contributed by atoms with Gasteiger partial charge in [-0.15, -0.1) is 0 Å². The van der Waals surface area contributed by atoms with Gasteiger partial charge in [0.1, 0.15) is 55.1 Å². The molecule has 11 nitrogen and oxygen atoms in total. The van der Waals surface area contributed by atoms with Crippen LogP contribution in [0.3, 0.4) is 0 Å². The lowest BCUT2D eigenvalue weighted by molar-refractivity contribution is -0.142. The fourth-order valence-corrected chi connectivity index (χ4v) is 3.87. The maximum Gasteiger partial charge on any atom is 0.302 e. The van der Waals surface area contributed by atoms with Gasteiger partial charge in [0, 0.05) is 36.6 Å². The third-order valence-electron chi connectivity index (χ3n) is 5.61. The fraction of sp³-hybridized carbons (Fsp3) is 0.207. The van der Waals surface area contributed by atoms with E-state index < -0.39 is 11.9 Å². The van der Waals surface area contributed by atoms with Crippen molar-refractivity contribution < 1.29 is 38.7 Å². The van der Waals surface area contributed by atoms with E-state index in [1.807, 2.05) is 12.1 Å². The predicted molar refractivity (Wildman–Crippen MR) is 152 cm³/mol. The molecule has 3 N–H and O–H groups in total.